The molecule has 1 aromatic carbocycles. The number of halogens is 1. The van der Waals surface area contributed by atoms with Gasteiger partial charge in [0.25, 0.3) is 5.91 Å². The molecule has 0 saturated carbocycles. The number of aromatic amines is 1. The summed E-state index contributed by atoms with van der Waals surface area (Å²) in [5, 5.41) is 5.50. The molecule has 2 aliphatic rings. The number of benzene rings is 1. The normalized spacial score (nSPS) is 21.9. The van der Waals surface area contributed by atoms with Crippen LogP contribution in [0, 0.1) is 5.82 Å². The molecule has 3 atom stereocenters. The average molecular weight is 462 g/mol. The van der Waals surface area contributed by atoms with Crippen molar-refractivity contribution in [2.24, 2.45) is 5.73 Å². The van der Waals surface area contributed by atoms with Crippen LogP contribution < -0.4 is 16.4 Å². The van der Waals surface area contributed by atoms with Crippen molar-refractivity contribution in [3.63, 3.8) is 0 Å². The van der Waals surface area contributed by atoms with Crippen LogP contribution in [0.25, 0.3) is 0 Å². The molecule has 9 nitrogen and oxygen atoms in total. The van der Waals surface area contributed by atoms with Gasteiger partial charge in [0.1, 0.15) is 11.7 Å². The van der Waals surface area contributed by atoms with E-state index in [9.17, 15) is 18.8 Å². The summed E-state index contributed by atoms with van der Waals surface area (Å²) in [6, 6.07) is 12.6. The molecule has 1 unspecified atom stereocenters. The van der Waals surface area contributed by atoms with Gasteiger partial charge in [0.15, 0.2) is 5.82 Å². The highest BCUT2D eigenvalue weighted by Gasteiger charge is 2.55. The standard InChI is InChI=1S/C24H23FN6O3/c25-16-8-10-28-20(16)21(32)29-18(11-14-5-3-4-9-27-14)22(33)31-13-24(12-19(31)26)15-6-1-2-7-17(15)30-23(24)34/h1-10,18-19,28H,11-13,26H2,(H,29,32)(H,30,34)/t18?,19-,24-/m0/s1. The first-order valence-electron chi connectivity index (χ1n) is 10.9. The highest BCUT2D eigenvalue weighted by Crippen LogP contribution is 2.45. The number of nitrogens with zero attached hydrogens (tertiary/aromatic N) is 2. The van der Waals surface area contributed by atoms with Crippen LogP contribution >= 0.6 is 0 Å². The molecule has 5 N–H and O–H groups in total. The van der Waals surface area contributed by atoms with Gasteiger partial charge in [-0.3, -0.25) is 19.4 Å². The van der Waals surface area contributed by atoms with Gasteiger partial charge in [-0.25, -0.2) is 4.39 Å². The van der Waals surface area contributed by atoms with E-state index < -0.39 is 35.3 Å². The van der Waals surface area contributed by atoms with E-state index in [2.05, 4.69) is 20.6 Å². The fraction of sp³-hybridized carbons (Fsp3) is 0.250. The number of aromatic nitrogens is 2. The van der Waals surface area contributed by atoms with Crippen molar-refractivity contribution in [1.82, 2.24) is 20.2 Å². The first kappa shape index (κ1) is 21.8. The van der Waals surface area contributed by atoms with Crippen LogP contribution in [0.5, 0.6) is 0 Å². The number of nitrogens with one attached hydrogen (secondary N) is 3. The molecule has 1 saturated heterocycles. The average Bonchev–Trinajstić information content (AvgIpc) is 3.50. The van der Waals surface area contributed by atoms with Crippen molar-refractivity contribution in [1.29, 1.82) is 0 Å². The molecule has 0 bridgehead atoms. The summed E-state index contributed by atoms with van der Waals surface area (Å²) in [5.74, 6) is -2.16. The van der Waals surface area contributed by atoms with Crippen molar-refractivity contribution < 1.29 is 18.8 Å². The Morgan fingerprint density at radius 1 is 1.24 bits per heavy atom. The quantitative estimate of drug-likeness (QED) is 0.454. The Bertz CT molecular complexity index is 1260. The zero-order valence-corrected chi connectivity index (χ0v) is 18.1. The van der Waals surface area contributed by atoms with E-state index in [1.54, 1.807) is 24.4 Å². The third-order valence-electron chi connectivity index (χ3n) is 6.47. The summed E-state index contributed by atoms with van der Waals surface area (Å²) in [7, 11) is 0. The van der Waals surface area contributed by atoms with Gasteiger partial charge in [-0.2, -0.15) is 0 Å². The Labute approximate surface area is 194 Å². The lowest BCUT2D eigenvalue weighted by molar-refractivity contribution is -0.134. The maximum absolute atomic E-state index is 14.0. The zero-order valence-electron chi connectivity index (χ0n) is 18.1. The molecule has 4 heterocycles. The number of H-pyrrole nitrogens is 1. The van der Waals surface area contributed by atoms with Gasteiger partial charge in [-0.15, -0.1) is 0 Å². The predicted octanol–water partition coefficient (Wildman–Crippen LogP) is 1.30. The van der Waals surface area contributed by atoms with Crippen LogP contribution in [-0.4, -0.2) is 51.3 Å². The first-order valence-corrected chi connectivity index (χ1v) is 10.9. The second-order valence-corrected chi connectivity index (χ2v) is 8.57. The lowest BCUT2D eigenvalue weighted by atomic mass is 9.80. The first-order chi connectivity index (χ1) is 16.4. The van der Waals surface area contributed by atoms with E-state index in [1.165, 1.54) is 11.1 Å². The molecule has 3 amide bonds. The third kappa shape index (κ3) is 3.61. The molecule has 1 spiro atoms. The van der Waals surface area contributed by atoms with Crippen molar-refractivity contribution in [2.75, 3.05) is 11.9 Å². The second kappa shape index (κ2) is 8.38. The Morgan fingerprint density at radius 3 is 2.76 bits per heavy atom. The van der Waals surface area contributed by atoms with E-state index in [1.807, 2.05) is 24.3 Å². The number of anilines is 1. The highest BCUT2D eigenvalue weighted by molar-refractivity contribution is 6.07. The molecule has 0 radical (unpaired) electrons. The minimum absolute atomic E-state index is 0.0707. The van der Waals surface area contributed by atoms with Crippen molar-refractivity contribution in [2.45, 2.75) is 30.5 Å². The Kier molecular flexibility index (Phi) is 5.37. The summed E-state index contributed by atoms with van der Waals surface area (Å²) < 4.78 is 14.0. The van der Waals surface area contributed by atoms with Crippen LogP contribution in [-0.2, 0) is 21.4 Å². The number of para-hydroxylation sites is 1. The number of hydrogen-bond acceptors (Lipinski definition) is 5. The monoisotopic (exact) mass is 462 g/mol. The van der Waals surface area contributed by atoms with Crippen molar-refractivity contribution >= 4 is 23.4 Å². The van der Waals surface area contributed by atoms with Crippen LogP contribution in [0.15, 0.2) is 60.9 Å². The van der Waals surface area contributed by atoms with Crippen molar-refractivity contribution in [3.05, 3.63) is 83.7 Å². The molecule has 5 rings (SSSR count). The number of rotatable bonds is 5. The van der Waals surface area contributed by atoms with Gasteiger partial charge in [0.2, 0.25) is 11.8 Å². The summed E-state index contributed by atoms with van der Waals surface area (Å²) in [6.07, 6.45) is 2.47. The number of carbonyl (C=O) groups excluding carboxylic acids is 3. The third-order valence-corrected chi connectivity index (χ3v) is 6.47. The summed E-state index contributed by atoms with van der Waals surface area (Å²) in [5.41, 5.74) is 7.20. The van der Waals surface area contributed by atoms with Crippen molar-refractivity contribution in [3.8, 4) is 0 Å². The van der Waals surface area contributed by atoms with Crippen LogP contribution in [0.4, 0.5) is 10.1 Å². The predicted molar refractivity (Wildman–Crippen MR) is 121 cm³/mol. The second-order valence-electron chi connectivity index (χ2n) is 8.57. The van der Waals surface area contributed by atoms with Gasteiger partial charge in [0.05, 0.1) is 11.6 Å². The van der Waals surface area contributed by atoms with E-state index in [0.717, 1.165) is 11.6 Å². The fourth-order valence-electron chi connectivity index (χ4n) is 4.80. The minimum Gasteiger partial charge on any atom is -0.355 e. The maximum Gasteiger partial charge on any atom is 0.271 e. The zero-order chi connectivity index (χ0) is 23.9. The molecule has 10 heteroatoms. The number of hydrogen-bond donors (Lipinski definition) is 4. The topological polar surface area (TPSA) is 133 Å². The van der Waals surface area contributed by atoms with Gasteiger partial charge >= 0.3 is 0 Å². The molecule has 0 aliphatic carbocycles. The number of amides is 3. The molecule has 2 aromatic heterocycles. The van der Waals surface area contributed by atoms with Gasteiger partial charge in [0, 0.05) is 43.2 Å². The van der Waals surface area contributed by atoms with Crippen LogP contribution in [0.3, 0.4) is 0 Å². The molecule has 1 fully saturated rings. The lowest BCUT2D eigenvalue weighted by Gasteiger charge is -2.28. The molecular weight excluding hydrogens is 439 g/mol. The maximum atomic E-state index is 14.0. The molecule has 174 valence electrons. The van der Waals surface area contributed by atoms with E-state index in [0.29, 0.717) is 11.4 Å². The Morgan fingerprint density at radius 2 is 2.03 bits per heavy atom. The number of carbonyl (C=O) groups is 3. The van der Waals surface area contributed by atoms with Gasteiger partial charge < -0.3 is 26.3 Å². The number of pyridine rings is 1. The Balaban J connectivity index is 1.43. The SMILES string of the molecule is N[C@@H]1C[C@@]2(CN1C(=O)C(Cc1ccccn1)NC(=O)c1[nH]ccc1F)C(=O)Nc1ccccc12. The number of fused-ring (bicyclic) bond motifs is 2. The highest BCUT2D eigenvalue weighted by atomic mass is 19.1. The molecule has 2 aliphatic heterocycles. The van der Waals surface area contributed by atoms with E-state index >= 15 is 0 Å². The number of likely N-dealkylation sites (tertiary alicyclic amines) is 1. The molecule has 34 heavy (non-hydrogen) atoms. The minimum atomic E-state index is -1.06. The Hall–Kier alpha value is -4.05. The van der Waals surface area contributed by atoms with E-state index in [-0.39, 0.29) is 31.0 Å². The lowest BCUT2D eigenvalue weighted by Crippen LogP contribution is -2.53. The fourth-order valence-corrected chi connectivity index (χ4v) is 4.80. The van der Waals surface area contributed by atoms with Gasteiger partial charge in [-0.1, -0.05) is 24.3 Å². The van der Waals surface area contributed by atoms with E-state index in [4.69, 9.17) is 5.73 Å². The molecular formula is C24H23FN6O3. The summed E-state index contributed by atoms with van der Waals surface area (Å²) >= 11 is 0. The largest absolute Gasteiger partial charge is 0.355 e. The van der Waals surface area contributed by atoms with Crippen LogP contribution in [0.1, 0.15) is 28.2 Å². The van der Waals surface area contributed by atoms with Crippen LogP contribution in [0.2, 0.25) is 0 Å². The molecule has 3 aromatic rings. The summed E-state index contributed by atoms with van der Waals surface area (Å²) in [6.45, 7) is 0.0707. The smallest absolute Gasteiger partial charge is 0.271 e. The summed E-state index contributed by atoms with van der Waals surface area (Å²) in [4.78, 5) is 47.6. The number of nitrogens with two attached hydrogens (primary N) is 1. The van der Waals surface area contributed by atoms with Gasteiger partial charge in [-0.05, 0) is 29.8 Å².